The predicted molar refractivity (Wildman–Crippen MR) is 102 cm³/mol. The minimum atomic E-state index is -0.325. The Morgan fingerprint density at radius 3 is 2.31 bits per heavy atom. The van der Waals surface area contributed by atoms with Gasteiger partial charge >= 0.3 is 0 Å². The molecule has 1 amide bonds. The summed E-state index contributed by atoms with van der Waals surface area (Å²) in [6, 6.07) is 7.37. The van der Waals surface area contributed by atoms with Crippen LogP contribution in [0.15, 0.2) is 24.3 Å². The van der Waals surface area contributed by atoms with Crippen LogP contribution >= 0.6 is 0 Å². The smallest absolute Gasteiger partial charge is 0.247 e. The molecule has 0 fully saturated rings. The van der Waals surface area contributed by atoms with Crippen LogP contribution in [0.4, 0.5) is 0 Å². The highest BCUT2D eigenvalue weighted by atomic mass is 16.5. The maximum Gasteiger partial charge on any atom is 0.247 e. The molecule has 0 aliphatic carbocycles. The number of benzene rings is 1. The standard InChI is InChI=1S/C20H29N3O3/c1-13(2)19(23-15(4)10-14(3)21-23)20(24)22(5)12-16-8-9-17(25-6)18(11-16)26-7/h8-11,13,19H,12H2,1-7H3/t19-/m1/s1. The van der Waals surface area contributed by atoms with E-state index in [0.29, 0.717) is 18.0 Å². The maximum atomic E-state index is 13.1. The number of methoxy groups -OCH3 is 2. The molecular formula is C20H29N3O3. The van der Waals surface area contributed by atoms with Gasteiger partial charge in [-0.05, 0) is 43.5 Å². The molecule has 142 valence electrons. The number of hydrogen-bond donors (Lipinski definition) is 0. The number of amides is 1. The minimum absolute atomic E-state index is 0.0426. The van der Waals surface area contributed by atoms with Crippen molar-refractivity contribution in [3.05, 3.63) is 41.2 Å². The first-order valence-corrected chi connectivity index (χ1v) is 8.77. The number of carbonyl (C=O) groups excluding carboxylic acids is 1. The number of aryl methyl sites for hydroxylation is 2. The van der Waals surface area contributed by atoms with Gasteiger partial charge in [-0.1, -0.05) is 19.9 Å². The van der Waals surface area contributed by atoms with Gasteiger partial charge in [-0.15, -0.1) is 0 Å². The highest BCUT2D eigenvalue weighted by Gasteiger charge is 2.29. The molecule has 0 spiro atoms. The Hall–Kier alpha value is -2.50. The summed E-state index contributed by atoms with van der Waals surface area (Å²) in [4.78, 5) is 14.9. The van der Waals surface area contributed by atoms with Gasteiger partial charge in [0.05, 0.1) is 19.9 Å². The van der Waals surface area contributed by atoms with Crippen LogP contribution in [0.1, 0.15) is 36.8 Å². The third-order valence-electron chi connectivity index (χ3n) is 4.44. The molecule has 0 unspecified atom stereocenters. The summed E-state index contributed by atoms with van der Waals surface area (Å²) < 4.78 is 12.5. The van der Waals surface area contributed by atoms with Gasteiger partial charge in [-0.3, -0.25) is 9.48 Å². The van der Waals surface area contributed by atoms with Crippen LogP contribution in [-0.2, 0) is 11.3 Å². The molecule has 26 heavy (non-hydrogen) atoms. The SMILES string of the molecule is COc1ccc(CN(C)C(=O)[C@@H](C(C)C)n2nc(C)cc2C)cc1OC. The summed E-state index contributed by atoms with van der Waals surface area (Å²) in [7, 11) is 5.03. The van der Waals surface area contributed by atoms with Gasteiger partial charge in [0.1, 0.15) is 6.04 Å². The first-order chi connectivity index (χ1) is 12.3. The van der Waals surface area contributed by atoms with E-state index in [2.05, 4.69) is 5.10 Å². The Balaban J connectivity index is 2.23. The first kappa shape index (κ1) is 19.8. The first-order valence-electron chi connectivity index (χ1n) is 8.77. The zero-order chi connectivity index (χ0) is 19.4. The molecule has 0 bridgehead atoms. The van der Waals surface area contributed by atoms with Gasteiger partial charge in [-0.25, -0.2) is 0 Å². The van der Waals surface area contributed by atoms with Crippen molar-refractivity contribution in [3.8, 4) is 11.5 Å². The summed E-state index contributed by atoms with van der Waals surface area (Å²) in [5, 5.41) is 4.53. The average Bonchev–Trinajstić information content (AvgIpc) is 2.92. The number of rotatable bonds is 7. The number of nitrogens with zero attached hydrogens (tertiary/aromatic N) is 3. The third kappa shape index (κ3) is 4.18. The normalized spacial score (nSPS) is 12.2. The largest absolute Gasteiger partial charge is 0.493 e. The summed E-state index contributed by atoms with van der Waals surface area (Å²) in [6.07, 6.45) is 0. The zero-order valence-electron chi connectivity index (χ0n) is 16.7. The number of likely N-dealkylation sites (N-methyl/N-ethyl adjacent to an activating group) is 1. The van der Waals surface area contributed by atoms with Crippen LogP contribution < -0.4 is 9.47 Å². The van der Waals surface area contributed by atoms with Crippen LogP contribution in [0.5, 0.6) is 11.5 Å². The van der Waals surface area contributed by atoms with Crippen LogP contribution in [0.3, 0.4) is 0 Å². The summed E-state index contributed by atoms with van der Waals surface area (Å²) >= 11 is 0. The second-order valence-electron chi connectivity index (χ2n) is 6.94. The van der Waals surface area contributed by atoms with Gasteiger partial charge in [0, 0.05) is 19.3 Å². The van der Waals surface area contributed by atoms with Gasteiger partial charge in [0.15, 0.2) is 11.5 Å². The molecule has 0 aliphatic rings. The molecule has 1 atom stereocenters. The number of hydrogen-bond acceptors (Lipinski definition) is 4. The van der Waals surface area contributed by atoms with Crippen LogP contribution in [0, 0.1) is 19.8 Å². The van der Waals surface area contributed by atoms with Crippen molar-refractivity contribution < 1.29 is 14.3 Å². The highest BCUT2D eigenvalue weighted by molar-refractivity contribution is 5.80. The van der Waals surface area contributed by atoms with Gasteiger partial charge in [-0.2, -0.15) is 5.10 Å². The van der Waals surface area contributed by atoms with Crippen LogP contribution in [0.2, 0.25) is 0 Å². The van der Waals surface area contributed by atoms with E-state index in [1.165, 1.54) is 0 Å². The molecular weight excluding hydrogens is 330 g/mol. The van der Waals surface area contributed by atoms with E-state index in [9.17, 15) is 4.79 Å². The van der Waals surface area contributed by atoms with Crippen LogP contribution in [0.25, 0.3) is 0 Å². The molecule has 0 saturated carbocycles. The van der Waals surface area contributed by atoms with Crippen molar-refractivity contribution in [1.82, 2.24) is 14.7 Å². The van der Waals surface area contributed by atoms with Gasteiger partial charge in [0.25, 0.3) is 0 Å². The predicted octanol–water partition coefficient (Wildman–Crippen LogP) is 3.37. The summed E-state index contributed by atoms with van der Waals surface area (Å²) in [6.45, 7) is 8.50. The lowest BCUT2D eigenvalue weighted by Gasteiger charge is -2.27. The maximum absolute atomic E-state index is 13.1. The monoisotopic (exact) mass is 359 g/mol. The van der Waals surface area contributed by atoms with E-state index in [-0.39, 0.29) is 17.9 Å². The Labute approximate surface area is 155 Å². The van der Waals surface area contributed by atoms with Gasteiger partial charge in [0.2, 0.25) is 5.91 Å². The second-order valence-corrected chi connectivity index (χ2v) is 6.94. The Kier molecular flexibility index (Phi) is 6.29. The molecule has 6 nitrogen and oxygen atoms in total. The Morgan fingerprint density at radius 2 is 1.81 bits per heavy atom. The topological polar surface area (TPSA) is 56.6 Å². The molecule has 2 aromatic rings. The summed E-state index contributed by atoms with van der Waals surface area (Å²) in [5.74, 6) is 1.51. The molecule has 6 heteroatoms. The number of carbonyl (C=O) groups is 1. The van der Waals surface area contributed by atoms with Crippen molar-refractivity contribution >= 4 is 5.91 Å². The van der Waals surface area contributed by atoms with Crippen molar-refractivity contribution in [2.75, 3.05) is 21.3 Å². The zero-order valence-corrected chi connectivity index (χ0v) is 16.7. The lowest BCUT2D eigenvalue weighted by Crippen LogP contribution is -2.37. The van der Waals surface area contributed by atoms with Crippen molar-refractivity contribution in [2.24, 2.45) is 5.92 Å². The molecule has 0 saturated heterocycles. The van der Waals surface area contributed by atoms with E-state index in [0.717, 1.165) is 17.0 Å². The molecule has 1 aromatic carbocycles. The number of aromatic nitrogens is 2. The quantitative estimate of drug-likeness (QED) is 0.760. The van der Waals surface area contributed by atoms with E-state index in [4.69, 9.17) is 9.47 Å². The van der Waals surface area contributed by atoms with Crippen molar-refractivity contribution in [2.45, 2.75) is 40.3 Å². The molecule has 0 N–H and O–H groups in total. The third-order valence-corrected chi connectivity index (χ3v) is 4.44. The summed E-state index contributed by atoms with van der Waals surface area (Å²) in [5.41, 5.74) is 2.90. The molecule has 0 radical (unpaired) electrons. The van der Waals surface area contributed by atoms with Crippen LogP contribution in [-0.4, -0.2) is 41.9 Å². The fourth-order valence-electron chi connectivity index (χ4n) is 3.16. The van der Waals surface area contributed by atoms with E-state index in [1.54, 1.807) is 19.1 Å². The Bertz CT molecular complexity index is 768. The number of ether oxygens (including phenoxy) is 2. The van der Waals surface area contributed by atoms with Gasteiger partial charge < -0.3 is 14.4 Å². The van der Waals surface area contributed by atoms with Crippen molar-refractivity contribution in [1.29, 1.82) is 0 Å². The lowest BCUT2D eigenvalue weighted by atomic mass is 10.0. The Morgan fingerprint density at radius 1 is 1.15 bits per heavy atom. The molecule has 2 rings (SSSR count). The molecule has 1 aromatic heterocycles. The van der Waals surface area contributed by atoms with Crippen molar-refractivity contribution in [3.63, 3.8) is 0 Å². The molecule has 0 aliphatic heterocycles. The minimum Gasteiger partial charge on any atom is -0.493 e. The van der Waals surface area contributed by atoms with E-state index in [1.807, 2.05) is 63.7 Å². The van der Waals surface area contributed by atoms with E-state index < -0.39 is 0 Å². The highest BCUT2D eigenvalue weighted by Crippen LogP contribution is 2.29. The fourth-order valence-corrected chi connectivity index (χ4v) is 3.16. The second kappa shape index (κ2) is 8.25. The lowest BCUT2D eigenvalue weighted by molar-refractivity contribution is -0.135. The molecule has 1 heterocycles. The fraction of sp³-hybridized carbons (Fsp3) is 0.500. The van der Waals surface area contributed by atoms with E-state index >= 15 is 0 Å². The average molecular weight is 359 g/mol.